The first-order chi connectivity index (χ1) is 28.5. The van der Waals surface area contributed by atoms with Crippen molar-refractivity contribution in [2.75, 3.05) is 58.7 Å². The fourth-order valence-electron chi connectivity index (χ4n) is 7.06. The summed E-state index contributed by atoms with van der Waals surface area (Å²) in [4.78, 5) is 40.4. The van der Waals surface area contributed by atoms with E-state index in [0.717, 1.165) is 54.3 Å². The van der Waals surface area contributed by atoms with Crippen LogP contribution in [0.1, 0.15) is 29.8 Å². The molecule has 2 fully saturated rings. The molecule has 61 heavy (non-hydrogen) atoms. The highest BCUT2D eigenvalue weighted by Crippen LogP contribution is 2.33. The van der Waals surface area contributed by atoms with E-state index in [2.05, 4.69) is 49.4 Å². The number of carboxylic acid groups (broad SMARTS) is 1. The molecular weight excluding hydrogens is 840 g/mol. The monoisotopic (exact) mass is 882 g/mol. The zero-order valence-corrected chi connectivity index (χ0v) is 32.9. The van der Waals surface area contributed by atoms with Crippen LogP contribution in [0.15, 0.2) is 48.9 Å². The standard InChI is InChI=1S/C33H37F4N7O2.C3H3F3O2.C2HF3O2/c1-4-21-11-23(5-6-24(21)32(45)41-14-22-18-44(3,16-19(22)2)17-20-12-38-13-20)42-30-31-40-15-26(43(31)10-9-39-30)25-7-8-27(46-33(36)37)29(35)28(25)34;1-8-2(7)3(4,5)6;3-2(4,5)1(6)7/h5-11,15,19-20,22,33,38H,4,12-14,16-18H2,1-3H3,(H-,39,41,42,45);1H3;(H,6,7)/p+1. The second-order valence-corrected chi connectivity index (χ2v) is 14.5. The number of hydrogen-bond acceptors (Lipinski definition) is 9. The number of nitrogens with one attached hydrogen (secondary N) is 3. The SMILES string of the molecule is CCc1cc(Nc2nccn3c(-c4ccc(OC(F)F)c(F)c4F)cnc23)ccc1C(=O)NCC1C[N+](C)(CC2CNC2)CC1C.COC(=O)C(F)(F)F.O=C(O)C(F)(F)F. The molecule has 2 aromatic carbocycles. The summed E-state index contributed by atoms with van der Waals surface area (Å²) in [6, 6.07) is 7.57. The number of ether oxygens (including phenoxy) is 2. The molecule has 3 atom stereocenters. The number of aryl methyl sites for hydroxylation is 1. The fourth-order valence-corrected chi connectivity index (χ4v) is 7.06. The highest BCUT2D eigenvalue weighted by molar-refractivity contribution is 5.96. The number of anilines is 2. The molecule has 2 aliphatic heterocycles. The Kier molecular flexibility index (Phi) is 15.6. The molecule has 2 saturated heterocycles. The number of nitrogens with zero attached hydrogens (tertiary/aromatic N) is 4. The molecule has 0 saturated carbocycles. The number of fused-ring (bicyclic) bond motifs is 1. The van der Waals surface area contributed by atoms with E-state index in [9.17, 15) is 53.5 Å². The molecule has 23 heteroatoms. The van der Waals surface area contributed by atoms with Crippen molar-refractivity contribution in [1.29, 1.82) is 0 Å². The van der Waals surface area contributed by atoms with Gasteiger partial charge in [0.1, 0.15) is 0 Å². The number of alkyl halides is 8. The second-order valence-electron chi connectivity index (χ2n) is 14.5. The number of aliphatic carboxylic acids is 1. The summed E-state index contributed by atoms with van der Waals surface area (Å²) in [5, 5.41) is 16.9. The van der Waals surface area contributed by atoms with Gasteiger partial charge in [-0.1, -0.05) is 13.8 Å². The van der Waals surface area contributed by atoms with Crippen LogP contribution in [-0.2, 0) is 20.7 Å². The first kappa shape index (κ1) is 48.0. The minimum atomic E-state index is -5.08. The van der Waals surface area contributed by atoms with E-state index in [1.807, 2.05) is 13.0 Å². The molecule has 0 aliphatic carbocycles. The predicted octanol–water partition coefficient (Wildman–Crippen LogP) is 6.60. The molecular formula is C38H42F10N7O6+. The molecule has 4 N–H and O–H groups in total. The quantitative estimate of drug-likeness (QED) is 0.0736. The molecule has 1 amide bonds. The summed E-state index contributed by atoms with van der Waals surface area (Å²) < 4.78 is 129. The highest BCUT2D eigenvalue weighted by Gasteiger charge is 2.43. The maximum Gasteiger partial charge on any atom is 0.490 e. The molecule has 2 aromatic heterocycles. The summed E-state index contributed by atoms with van der Waals surface area (Å²) in [6.07, 6.45) is -4.96. The third kappa shape index (κ3) is 12.4. The first-order valence-corrected chi connectivity index (χ1v) is 18.4. The Morgan fingerprint density at radius 2 is 1.69 bits per heavy atom. The summed E-state index contributed by atoms with van der Waals surface area (Å²) in [5.74, 6) is -6.72. The van der Waals surface area contributed by atoms with Gasteiger partial charge in [0.2, 0.25) is 5.82 Å². The molecule has 0 radical (unpaired) electrons. The van der Waals surface area contributed by atoms with Crippen molar-refractivity contribution < 1.29 is 77.4 Å². The number of amides is 1. The Bertz CT molecular complexity index is 2180. The van der Waals surface area contributed by atoms with Gasteiger partial charge in [0.25, 0.3) is 5.91 Å². The molecule has 334 valence electrons. The zero-order valence-electron chi connectivity index (χ0n) is 32.9. The van der Waals surface area contributed by atoms with E-state index >= 15 is 0 Å². The summed E-state index contributed by atoms with van der Waals surface area (Å²) in [7, 11) is 3.01. The number of carbonyl (C=O) groups is 3. The molecule has 4 heterocycles. The van der Waals surface area contributed by atoms with Crippen LogP contribution in [0.5, 0.6) is 5.75 Å². The van der Waals surface area contributed by atoms with Crippen molar-refractivity contribution >= 4 is 35.0 Å². The zero-order chi connectivity index (χ0) is 45.4. The molecule has 3 unspecified atom stereocenters. The lowest BCUT2D eigenvalue weighted by Crippen LogP contribution is -2.54. The number of likely N-dealkylation sites (tertiary alicyclic amines) is 1. The van der Waals surface area contributed by atoms with Crippen LogP contribution in [0.3, 0.4) is 0 Å². The van der Waals surface area contributed by atoms with Gasteiger partial charge in [-0.3, -0.25) is 9.20 Å². The Morgan fingerprint density at radius 3 is 2.23 bits per heavy atom. The van der Waals surface area contributed by atoms with Crippen LogP contribution in [-0.4, -0.2) is 114 Å². The Morgan fingerprint density at radius 1 is 1.02 bits per heavy atom. The van der Waals surface area contributed by atoms with Gasteiger partial charge in [0.05, 0.1) is 45.7 Å². The van der Waals surface area contributed by atoms with Gasteiger partial charge in [0, 0.05) is 66.6 Å². The number of methoxy groups -OCH3 is 1. The van der Waals surface area contributed by atoms with Gasteiger partial charge in [-0.05, 0) is 42.3 Å². The van der Waals surface area contributed by atoms with Crippen LogP contribution in [0, 0.1) is 29.4 Å². The van der Waals surface area contributed by atoms with E-state index in [1.54, 1.807) is 12.1 Å². The minimum Gasteiger partial charge on any atom is -0.475 e. The molecule has 0 bridgehead atoms. The largest absolute Gasteiger partial charge is 0.490 e. The summed E-state index contributed by atoms with van der Waals surface area (Å²) in [6.45, 7) is 7.19. The number of hydrogen-bond donors (Lipinski definition) is 4. The van der Waals surface area contributed by atoms with Gasteiger partial charge >= 0.3 is 30.9 Å². The second kappa shape index (κ2) is 19.8. The van der Waals surface area contributed by atoms with Crippen molar-refractivity contribution in [3.05, 3.63) is 71.7 Å². The van der Waals surface area contributed by atoms with Gasteiger partial charge < -0.3 is 35.0 Å². The van der Waals surface area contributed by atoms with E-state index in [-0.39, 0.29) is 17.2 Å². The minimum absolute atomic E-state index is 0.0998. The number of carbonyl (C=O) groups excluding carboxylic acids is 2. The Labute approximate surface area is 341 Å². The number of esters is 1. The number of quaternary nitrogens is 1. The molecule has 0 spiro atoms. The molecule has 2 aliphatic rings. The van der Waals surface area contributed by atoms with Crippen LogP contribution in [0.4, 0.5) is 55.4 Å². The number of carboxylic acids is 1. The van der Waals surface area contributed by atoms with Crippen LogP contribution >= 0.6 is 0 Å². The highest BCUT2D eigenvalue weighted by atomic mass is 19.4. The van der Waals surface area contributed by atoms with Crippen LogP contribution in [0.2, 0.25) is 0 Å². The average molecular weight is 883 g/mol. The van der Waals surface area contributed by atoms with Crippen molar-refractivity contribution in [1.82, 2.24) is 25.0 Å². The Balaban J connectivity index is 0.000000466. The molecule has 4 aromatic rings. The molecule has 6 rings (SSSR count). The normalized spacial score (nSPS) is 18.9. The van der Waals surface area contributed by atoms with E-state index in [1.165, 1.54) is 29.5 Å². The third-order valence-electron chi connectivity index (χ3n) is 9.92. The fraction of sp³-hybridized carbons (Fsp3) is 0.447. The maximum absolute atomic E-state index is 14.9. The average Bonchev–Trinajstić information content (AvgIpc) is 3.73. The number of rotatable bonds is 11. The third-order valence-corrected chi connectivity index (χ3v) is 9.92. The van der Waals surface area contributed by atoms with Crippen molar-refractivity contribution in [2.24, 2.45) is 17.8 Å². The lowest BCUT2D eigenvalue weighted by Gasteiger charge is -2.37. The first-order valence-electron chi connectivity index (χ1n) is 18.4. The number of aromatic nitrogens is 3. The van der Waals surface area contributed by atoms with Gasteiger partial charge in [-0.2, -0.15) is 39.5 Å². The van der Waals surface area contributed by atoms with Gasteiger partial charge in [-0.15, -0.1) is 0 Å². The van der Waals surface area contributed by atoms with E-state index < -0.39 is 48.3 Å². The lowest BCUT2D eigenvalue weighted by molar-refractivity contribution is -0.903. The van der Waals surface area contributed by atoms with Crippen molar-refractivity contribution in [2.45, 2.75) is 39.2 Å². The topological polar surface area (TPSA) is 156 Å². The Hall–Kier alpha value is -5.71. The van der Waals surface area contributed by atoms with E-state index in [0.29, 0.717) is 54.6 Å². The van der Waals surface area contributed by atoms with Crippen LogP contribution < -0.4 is 20.7 Å². The number of halogens is 10. The smallest absolute Gasteiger partial charge is 0.475 e. The van der Waals surface area contributed by atoms with Crippen molar-refractivity contribution in [3.8, 4) is 17.0 Å². The van der Waals surface area contributed by atoms with Gasteiger partial charge in [0.15, 0.2) is 23.0 Å². The number of imidazole rings is 1. The van der Waals surface area contributed by atoms with Gasteiger partial charge in [-0.25, -0.2) is 23.9 Å². The number of benzene rings is 2. The summed E-state index contributed by atoms with van der Waals surface area (Å²) in [5.41, 5.74) is 2.49. The van der Waals surface area contributed by atoms with E-state index in [4.69, 9.17) is 9.90 Å². The van der Waals surface area contributed by atoms with Crippen LogP contribution in [0.25, 0.3) is 16.9 Å². The predicted molar refractivity (Wildman–Crippen MR) is 198 cm³/mol. The summed E-state index contributed by atoms with van der Waals surface area (Å²) >= 11 is 0. The van der Waals surface area contributed by atoms with Crippen molar-refractivity contribution in [3.63, 3.8) is 0 Å². The lowest BCUT2D eigenvalue weighted by atomic mass is 9.97. The maximum atomic E-state index is 14.9. The molecule has 13 nitrogen and oxygen atoms in total.